The first-order valence-corrected chi connectivity index (χ1v) is 6.34. The van der Waals surface area contributed by atoms with Crippen LogP contribution in [-0.4, -0.2) is 13.7 Å². The lowest BCUT2D eigenvalue weighted by atomic mass is 10.2. The van der Waals surface area contributed by atoms with Gasteiger partial charge in [-0.1, -0.05) is 38.3 Å². The third kappa shape index (κ3) is 4.73. The molecule has 0 fully saturated rings. The Labute approximate surface area is 103 Å². The molecule has 0 aliphatic carbocycles. The SMILES string of the molecule is CCCCCCOc1c(F)cccc1CNC. The fraction of sp³-hybridized carbons (Fsp3) is 0.571. The molecule has 1 aromatic carbocycles. The van der Waals surface area contributed by atoms with Crippen molar-refractivity contribution in [3.05, 3.63) is 29.6 Å². The molecule has 0 spiro atoms. The predicted molar refractivity (Wildman–Crippen MR) is 68.8 cm³/mol. The Balaban J connectivity index is 2.50. The second-order valence-corrected chi connectivity index (χ2v) is 4.17. The van der Waals surface area contributed by atoms with Gasteiger partial charge in [0.15, 0.2) is 11.6 Å². The Bertz CT molecular complexity index is 328. The average molecular weight is 239 g/mol. The minimum atomic E-state index is -0.270. The topological polar surface area (TPSA) is 21.3 Å². The third-order valence-corrected chi connectivity index (χ3v) is 2.66. The van der Waals surface area contributed by atoms with Crippen LogP contribution in [0.25, 0.3) is 0 Å². The molecule has 0 aliphatic rings. The molecule has 1 aromatic rings. The quantitative estimate of drug-likeness (QED) is 0.701. The van der Waals surface area contributed by atoms with E-state index in [-0.39, 0.29) is 5.82 Å². The van der Waals surface area contributed by atoms with Crippen LogP contribution in [0, 0.1) is 5.82 Å². The van der Waals surface area contributed by atoms with Crippen molar-refractivity contribution >= 4 is 0 Å². The molecule has 0 heterocycles. The van der Waals surface area contributed by atoms with Gasteiger partial charge >= 0.3 is 0 Å². The Kier molecular flexibility index (Phi) is 6.63. The molecule has 0 aromatic heterocycles. The second kappa shape index (κ2) is 8.07. The molecule has 0 aliphatic heterocycles. The molecule has 3 heteroatoms. The summed E-state index contributed by atoms with van der Waals surface area (Å²) in [5.74, 6) is 0.131. The summed E-state index contributed by atoms with van der Waals surface area (Å²) >= 11 is 0. The van der Waals surface area contributed by atoms with Crippen molar-refractivity contribution in [1.29, 1.82) is 0 Å². The summed E-state index contributed by atoms with van der Waals surface area (Å²) in [6.07, 6.45) is 4.54. The molecule has 0 atom stereocenters. The zero-order chi connectivity index (χ0) is 12.5. The lowest BCUT2D eigenvalue weighted by Crippen LogP contribution is -2.09. The van der Waals surface area contributed by atoms with Crippen LogP contribution in [0.5, 0.6) is 5.75 Å². The molecule has 0 amide bonds. The number of para-hydroxylation sites is 1. The van der Waals surface area contributed by atoms with Crippen LogP contribution in [0.3, 0.4) is 0 Å². The highest BCUT2D eigenvalue weighted by molar-refractivity contribution is 5.34. The number of rotatable bonds is 8. The van der Waals surface area contributed by atoms with E-state index in [1.807, 2.05) is 13.1 Å². The first-order valence-electron chi connectivity index (χ1n) is 6.34. The van der Waals surface area contributed by atoms with E-state index in [9.17, 15) is 4.39 Å². The summed E-state index contributed by atoms with van der Waals surface area (Å²) in [6, 6.07) is 5.05. The van der Waals surface area contributed by atoms with Gasteiger partial charge in [-0.3, -0.25) is 0 Å². The molecule has 96 valence electrons. The van der Waals surface area contributed by atoms with Crippen molar-refractivity contribution in [2.24, 2.45) is 0 Å². The van der Waals surface area contributed by atoms with E-state index in [0.717, 1.165) is 18.4 Å². The van der Waals surface area contributed by atoms with Gasteiger partial charge in [-0.05, 0) is 19.5 Å². The molecule has 1 N–H and O–H groups in total. The van der Waals surface area contributed by atoms with Gasteiger partial charge in [0.2, 0.25) is 0 Å². The van der Waals surface area contributed by atoms with Crippen molar-refractivity contribution in [2.75, 3.05) is 13.7 Å². The molecule has 0 unspecified atom stereocenters. The van der Waals surface area contributed by atoms with Crippen molar-refractivity contribution < 1.29 is 9.13 Å². The fourth-order valence-electron chi connectivity index (χ4n) is 1.75. The van der Waals surface area contributed by atoms with Crippen LogP contribution in [0.4, 0.5) is 4.39 Å². The number of nitrogens with one attached hydrogen (secondary N) is 1. The van der Waals surface area contributed by atoms with Gasteiger partial charge < -0.3 is 10.1 Å². The largest absolute Gasteiger partial charge is 0.490 e. The van der Waals surface area contributed by atoms with E-state index in [1.54, 1.807) is 6.07 Å². The van der Waals surface area contributed by atoms with E-state index >= 15 is 0 Å². The molecular formula is C14H22FNO. The number of hydrogen-bond donors (Lipinski definition) is 1. The number of hydrogen-bond acceptors (Lipinski definition) is 2. The zero-order valence-corrected chi connectivity index (χ0v) is 10.8. The van der Waals surface area contributed by atoms with Gasteiger partial charge in [-0.2, -0.15) is 0 Å². The molecule has 0 bridgehead atoms. The van der Waals surface area contributed by atoms with Crippen molar-refractivity contribution in [3.63, 3.8) is 0 Å². The normalized spacial score (nSPS) is 10.5. The van der Waals surface area contributed by atoms with Gasteiger partial charge in [-0.25, -0.2) is 4.39 Å². The van der Waals surface area contributed by atoms with Gasteiger partial charge in [-0.15, -0.1) is 0 Å². The second-order valence-electron chi connectivity index (χ2n) is 4.17. The Hall–Kier alpha value is -1.09. The molecule has 2 nitrogen and oxygen atoms in total. The van der Waals surface area contributed by atoms with Crippen molar-refractivity contribution in [3.8, 4) is 5.75 Å². The zero-order valence-electron chi connectivity index (χ0n) is 10.8. The molecule has 0 saturated heterocycles. The fourth-order valence-corrected chi connectivity index (χ4v) is 1.75. The van der Waals surface area contributed by atoms with Crippen LogP contribution in [0.15, 0.2) is 18.2 Å². The number of unbranched alkanes of at least 4 members (excludes halogenated alkanes) is 3. The number of halogens is 1. The van der Waals surface area contributed by atoms with Crippen LogP contribution in [0.1, 0.15) is 38.2 Å². The van der Waals surface area contributed by atoms with Gasteiger partial charge in [0, 0.05) is 12.1 Å². The van der Waals surface area contributed by atoms with E-state index in [2.05, 4.69) is 12.2 Å². The third-order valence-electron chi connectivity index (χ3n) is 2.66. The number of ether oxygens (including phenoxy) is 1. The summed E-state index contributed by atoms with van der Waals surface area (Å²) in [4.78, 5) is 0. The predicted octanol–water partition coefficient (Wildman–Crippen LogP) is 3.50. The number of benzene rings is 1. The maximum atomic E-state index is 13.6. The highest BCUT2D eigenvalue weighted by atomic mass is 19.1. The monoisotopic (exact) mass is 239 g/mol. The van der Waals surface area contributed by atoms with E-state index in [0.29, 0.717) is 18.9 Å². The summed E-state index contributed by atoms with van der Waals surface area (Å²) in [6.45, 7) is 3.39. The summed E-state index contributed by atoms with van der Waals surface area (Å²) < 4.78 is 19.1. The van der Waals surface area contributed by atoms with Crippen LogP contribution >= 0.6 is 0 Å². The van der Waals surface area contributed by atoms with E-state index in [1.165, 1.54) is 18.9 Å². The lowest BCUT2D eigenvalue weighted by molar-refractivity contribution is 0.287. The minimum Gasteiger partial charge on any atom is -0.490 e. The highest BCUT2D eigenvalue weighted by Gasteiger charge is 2.08. The minimum absolute atomic E-state index is 0.270. The molecule has 0 saturated carbocycles. The van der Waals surface area contributed by atoms with Gasteiger partial charge in [0.05, 0.1) is 6.61 Å². The molecule has 0 radical (unpaired) electrons. The Morgan fingerprint density at radius 3 is 2.76 bits per heavy atom. The standard InChI is InChI=1S/C14H22FNO/c1-3-4-5-6-10-17-14-12(11-16-2)8-7-9-13(14)15/h7-9,16H,3-6,10-11H2,1-2H3. The maximum Gasteiger partial charge on any atom is 0.165 e. The first-order chi connectivity index (χ1) is 8.29. The van der Waals surface area contributed by atoms with Crippen molar-refractivity contribution in [2.45, 2.75) is 39.2 Å². The average Bonchev–Trinajstić information content (AvgIpc) is 2.32. The maximum absolute atomic E-state index is 13.6. The summed E-state index contributed by atoms with van der Waals surface area (Å²) in [5.41, 5.74) is 0.878. The van der Waals surface area contributed by atoms with Crippen molar-refractivity contribution in [1.82, 2.24) is 5.32 Å². The smallest absolute Gasteiger partial charge is 0.165 e. The van der Waals surface area contributed by atoms with Crippen LogP contribution < -0.4 is 10.1 Å². The molecular weight excluding hydrogens is 217 g/mol. The Morgan fingerprint density at radius 1 is 1.24 bits per heavy atom. The summed E-state index contributed by atoms with van der Waals surface area (Å²) in [5, 5.41) is 3.02. The van der Waals surface area contributed by atoms with Crippen LogP contribution in [-0.2, 0) is 6.54 Å². The summed E-state index contributed by atoms with van der Waals surface area (Å²) in [7, 11) is 1.84. The van der Waals surface area contributed by atoms with Gasteiger partial charge in [0.1, 0.15) is 0 Å². The molecule has 17 heavy (non-hydrogen) atoms. The Morgan fingerprint density at radius 2 is 2.06 bits per heavy atom. The molecule has 1 rings (SSSR count). The van der Waals surface area contributed by atoms with E-state index < -0.39 is 0 Å². The lowest BCUT2D eigenvalue weighted by Gasteiger charge is -2.12. The van der Waals surface area contributed by atoms with Crippen LogP contribution in [0.2, 0.25) is 0 Å². The first kappa shape index (κ1) is 14.0. The van der Waals surface area contributed by atoms with Gasteiger partial charge in [0.25, 0.3) is 0 Å². The van der Waals surface area contributed by atoms with E-state index in [4.69, 9.17) is 4.74 Å². The highest BCUT2D eigenvalue weighted by Crippen LogP contribution is 2.22.